The first-order valence-electron chi connectivity index (χ1n) is 7.24. The zero-order valence-corrected chi connectivity index (χ0v) is 13.6. The second-order valence-corrected chi connectivity index (χ2v) is 4.61. The fraction of sp³-hybridized carbons (Fsp3) is 0.250. The third-order valence-corrected chi connectivity index (χ3v) is 2.93. The van der Waals surface area contributed by atoms with Crippen LogP contribution in [0.15, 0.2) is 30.7 Å². The Morgan fingerprint density at radius 2 is 1.64 bits per heavy atom. The van der Waals surface area contributed by atoms with E-state index in [-0.39, 0.29) is 30.2 Å². The Bertz CT molecular complexity index is 758. The lowest BCUT2D eigenvalue weighted by atomic mass is 10.2. The average molecular weight is 345 g/mol. The molecule has 0 fully saturated rings. The van der Waals surface area contributed by atoms with Gasteiger partial charge in [-0.25, -0.2) is 24.4 Å². The van der Waals surface area contributed by atoms with Gasteiger partial charge in [-0.2, -0.15) is 0 Å². The lowest BCUT2D eigenvalue weighted by Crippen LogP contribution is -2.11. The molecule has 0 N–H and O–H groups in total. The van der Waals surface area contributed by atoms with E-state index in [4.69, 9.17) is 9.47 Å². The summed E-state index contributed by atoms with van der Waals surface area (Å²) in [4.78, 5) is 46.3. The van der Waals surface area contributed by atoms with E-state index < -0.39 is 17.9 Å². The number of pyridine rings is 1. The van der Waals surface area contributed by atoms with Crippen molar-refractivity contribution >= 4 is 17.9 Å². The Kier molecular flexibility index (Phi) is 6.10. The molecular weight excluding hydrogens is 330 g/mol. The van der Waals surface area contributed by atoms with Crippen LogP contribution in [0.2, 0.25) is 0 Å². The first-order chi connectivity index (χ1) is 12.0. The molecule has 0 aliphatic rings. The minimum Gasteiger partial charge on any atom is -0.464 e. The zero-order valence-electron chi connectivity index (χ0n) is 13.6. The highest BCUT2D eigenvalue weighted by atomic mass is 16.5. The van der Waals surface area contributed by atoms with Crippen LogP contribution in [0.3, 0.4) is 0 Å². The fourth-order valence-electron chi connectivity index (χ4n) is 1.70. The third kappa shape index (κ3) is 4.80. The van der Waals surface area contributed by atoms with Gasteiger partial charge in [-0.3, -0.25) is 4.98 Å². The molecule has 0 aromatic carbocycles. The van der Waals surface area contributed by atoms with Gasteiger partial charge in [-0.15, -0.1) is 0 Å². The van der Waals surface area contributed by atoms with Crippen LogP contribution in [-0.4, -0.2) is 46.6 Å². The van der Waals surface area contributed by atoms with Crippen molar-refractivity contribution in [3.8, 4) is 0 Å². The van der Waals surface area contributed by atoms with E-state index in [0.717, 1.165) is 0 Å². The molecule has 0 aliphatic heterocycles. The van der Waals surface area contributed by atoms with Crippen LogP contribution in [0.25, 0.3) is 0 Å². The Hall–Kier alpha value is -3.36. The number of hydrogen-bond acceptors (Lipinski definition) is 9. The number of rotatable bonds is 6. The van der Waals surface area contributed by atoms with E-state index >= 15 is 0 Å². The standard InChI is InChI=1S/C16H15N3O6/c1-3-24-14(20)10-4-5-12(18-6-10)16(22)25-9-11-7-19-13(8-17-11)15(21)23-2/h4-8H,3,9H2,1-2H3. The second kappa shape index (κ2) is 8.48. The average Bonchev–Trinajstić information content (AvgIpc) is 2.66. The van der Waals surface area contributed by atoms with Gasteiger partial charge in [0.15, 0.2) is 5.69 Å². The summed E-state index contributed by atoms with van der Waals surface area (Å²) < 4.78 is 14.4. The Labute approximate surface area is 143 Å². The van der Waals surface area contributed by atoms with E-state index in [1.165, 1.54) is 37.8 Å². The van der Waals surface area contributed by atoms with Crippen molar-refractivity contribution in [2.45, 2.75) is 13.5 Å². The summed E-state index contributed by atoms with van der Waals surface area (Å²) >= 11 is 0. The molecule has 0 saturated carbocycles. The van der Waals surface area contributed by atoms with Gasteiger partial charge >= 0.3 is 17.9 Å². The molecular formula is C16H15N3O6. The molecule has 0 amide bonds. The van der Waals surface area contributed by atoms with Gasteiger partial charge in [-0.1, -0.05) is 0 Å². The molecule has 9 nitrogen and oxygen atoms in total. The highest BCUT2D eigenvalue weighted by Crippen LogP contribution is 2.06. The molecule has 2 aromatic heterocycles. The lowest BCUT2D eigenvalue weighted by molar-refractivity contribution is 0.0455. The summed E-state index contributed by atoms with van der Waals surface area (Å²) in [5.74, 6) is -1.81. The smallest absolute Gasteiger partial charge is 0.358 e. The van der Waals surface area contributed by atoms with E-state index in [2.05, 4.69) is 19.7 Å². The van der Waals surface area contributed by atoms with Gasteiger partial charge in [0.25, 0.3) is 0 Å². The SMILES string of the molecule is CCOC(=O)c1ccc(C(=O)OCc2cnc(C(=O)OC)cn2)nc1. The fourth-order valence-corrected chi connectivity index (χ4v) is 1.70. The van der Waals surface area contributed by atoms with Crippen LogP contribution in [-0.2, 0) is 20.8 Å². The lowest BCUT2D eigenvalue weighted by Gasteiger charge is -2.05. The summed E-state index contributed by atoms with van der Waals surface area (Å²) in [5.41, 5.74) is 0.674. The van der Waals surface area contributed by atoms with Gasteiger partial charge in [0, 0.05) is 6.20 Å². The molecule has 0 atom stereocenters. The Morgan fingerprint density at radius 3 is 2.20 bits per heavy atom. The molecule has 2 rings (SSSR count). The van der Waals surface area contributed by atoms with Crippen molar-refractivity contribution < 1.29 is 28.6 Å². The summed E-state index contributed by atoms with van der Waals surface area (Å²) in [6.07, 6.45) is 3.76. The Balaban J connectivity index is 1.93. The minimum absolute atomic E-state index is 0.0344. The van der Waals surface area contributed by atoms with Crippen molar-refractivity contribution in [1.29, 1.82) is 0 Å². The summed E-state index contributed by atoms with van der Waals surface area (Å²) in [5, 5.41) is 0. The first kappa shape index (κ1) is 18.0. The number of ether oxygens (including phenoxy) is 3. The van der Waals surface area contributed by atoms with Crippen LogP contribution in [0, 0.1) is 0 Å². The molecule has 0 unspecified atom stereocenters. The van der Waals surface area contributed by atoms with E-state index in [1.807, 2.05) is 0 Å². The quantitative estimate of drug-likeness (QED) is 0.562. The maximum Gasteiger partial charge on any atom is 0.358 e. The van der Waals surface area contributed by atoms with Crippen molar-refractivity contribution in [2.75, 3.05) is 13.7 Å². The van der Waals surface area contributed by atoms with Crippen molar-refractivity contribution in [2.24, 2.45) is 0 Å². The highest BCUT2D eigenvalue weighted by Gasteiger charge is 2.13. The van der Waals surface area contributed by atoms with Gasteiger partial charge in [0.2, 0.25) is 0 Å². The number of nitrogens with zero attached hydrogens (tertiary/aromatic N) is 3. The summed E-state index contributed by atoms with van der Waals surface area (Å²) in [6.45, 7) is 1.80. The number of carbonyl (C=O) groups is 3. The van der Waals surface area contributed by atoms with Gasteiger partial charge in [-0.05, 0) is 19.1 Å². The first-order valence-corrected chi connectivity index (χ1v) is 7.24. The number of aromatic nitrogens is 3. The Morgan fingerprint density at radius 1 is 0.880 bits per heavy atom. The monoisotopic (exact) mass is 345 g/mol. The van der Waals surface area contributed by atoms with Crippen molar-refractivity contribution in [3.63, 3.8) is 0 Å². The van der Waals surface area contributed by atoms with Crippen LogP contribution < -0.4 is 0 Å². The molecule has 0 saturated heterocycles. The molecule has 25 heavy (non-hydrogen) atoms. The highest BCUT2D eigenvalue weighted by molar-refractivity contribution is 5.91. The zero-order chi connectivity index (χ0) is 18.2. The topological polar surface area (TPSA) is 118 Å². The summed E-state index contributed by atoms with van der Waals surface area (Å²) in [7, 11) is 1.24. The van der Waals surface area contributed by atoms with Gasteiger partial charge in [0.1, 0.15) is 12.3 Å². The van der Waals surface area contributed by atoms with Crippen molar-refractivity contribution in [1.82, 2.24) is 15.0 Å². The number of methoxy groups -OCH3 is 1. The number of hydrogen-bond donors (Lipinski definition) is 0. The second-order valence-electron chi connectivity index (χ2n) is 4.61. The molecule has 0 aliphatic carbocycles. The van der Waals surface area contributed by atoms with Crippen LogP contribution in [0.4, 0.5) is 0 Å². The van der Waals surface area contributed by atoms with Crippen molar-refractivity contribution in [3.05, 3.63) is 53.4 Å². The van der Waals surface area contributed by atoms with E-state index in [9.17, 15) is 14.4 Å². The maximum absolute atomic E-state index is 11.9. The van der Waals surface area contributed by atoms with Crippen LogP contribution >= 0.6 is 0 Å². The van der Waals surface area contributed by atoms with E-state index in [0.29, 0.717) is 5.69 Å². The van der Waals surface area contributed by atoms with E-state index in [1.54, 1.807) is 6.92 Å². The minimum atomic E-state index is -0.686. The predicted octanol–water partition coefficient (Wildman–Crippen LogP) is 1.19. The van der Waals surface area contributed by atoms with Gasteiger partial charge < -0.3 is 14.2 Å². The molecule has 0 radical (unpaired) electrons. The number of esters is 3. The molecule has 0 spiro atoms. The molecule has 2 aromatic rings. The normalized spacial score (nSPS) is 10.0. The number of carbonyl (C=O) groups excluding carboxylic acids is 3. The third-order valence-electron chi connectivity index (χ3n) is 2.93. The largest absolute Gasteiger partial charge is 0.464 e. The maximum atomic E-state index is 11.9. The summed E-state index contributed by atoms with van der Waals surface area (Å²) in [6, 6.07) is 2.78. The molecule has 130 valence electrons. The molecule has 2 heterocycles. The molecule has 0 bridgehead atoms. The van der Waals surface area contributed by atoms with Crippen LogP contribution in [0.1, 0.15) is 44.0 Å². The van der Waals surface area contributed by atoms with Gasteiger partial charge in [0.05, 0.1) is 37.4 Å². The molecule has 9 heteroatoms. The predicted molar refractivity (Wildman–Crippen MR) is 82.7 cm³/mol. The van der Waals surface area contributed by atoms with Crippen LogP contribution in [0.5, 0.6) is 0 Å².